The Morgan fingerprint density at radius 3 is 1.94 bits per heavy atom. The maximum absolute atomic E-state index is 9.63. The number of unbranched alkanes of at least 4 members (excludes halogenated alkanes) is 8. The van der Waals surface area contributed by atoms with Gasteiger partial charge in [0.2, 0.25) is 0 Å². The van der Waals surface area contributed by atoms with Crippen molar-refractivity contribution in [1.29, 1.82) is 0 Å². The number of hydrogen-bond acceptors (Lipinski definition) is 1. The fourth-order valence-corrected chi connectivity index (χ4v) is 2.15. The van der Waals surface area contributed by atoms with Gasteiger partial charge in [0.15, 0.2) is 0 Å². The monoisotopic (exact) mass is 240 g/mol. The van der Waals surface area contributed by atoms with Gasteiger partial charge in [-0.15, -0.1) is 6.58 Å². The van der Waals surface area contributed by atoms with E-state index in [1.807, 2.05) is 6.08 Å². The van der Waals surface area contributed by atoms with Crippen molar-refractivity contribution in [3.8, 4) is 0 Å². The second kappa shape index (κ2) is 13.8. The van der Waals surface area contributed by atoms with Gasteiger partial charge < -0.3 is 5.11 Å². The summed E-state index contributed by atoms with van der Waals surface area (Å²) in [5, 5.41) is 9.63. The Morgan fingerprint density at radius 2 is 1.41 bits per heavy atom. The fourth-order valence-electron chi connectivity index (χ4n) is 2.15. The highest BCUT2D eigenvalue weighted by Gasteiger charge is 2.01. The van der Waals surface area contributed by atoms with Crippen molar-refractivity contribution in [3.05, 3.63) is 12.7 Å². The summed E-state index contributed by atoms with van der Waals surface area (Å²) in [4.78, 5) is 0. The molecule has 0 spiro atoms. The molecule has 1 unspecified atom stereocenters. The minimum absolute atomic E-state index is 0.0995. The first-order valence-electron chi connectivity index (χ1n) is 7.60. The summed E-state index contributed by atoms with van der Waals surface area (Å²) in [5.74, 6) is 0. The molecular weight excluding hydrogens is 208 g/mol. The Bertz CT molecular complexity index is 154. The average Bonchev–Trinajstić information content (AvgIpc) is 2.34. The summed E-state index contributed by atoms with van der Waals surface area (Å²) in [6.07, 6.45) is 16.8. The smallest absolute Gasteiger partial charge is 0.0543 e. The van der Waals surface area contributed by atoms with Crippen molar-refractivity contribution in [2.24, 2.45) is 0 Å². The number of aliphatic hydroxyl groups excluding tert-OH is 1. The lowest BCUT2D eigenvalue weighted by Gasteiger charge is -2.08. The molecule has 102 valence electrons. The van der Waals surface area contributed by atoms with Crippen molar-refractivity contribution in [2.45, 2.75) is 90.1 Å². The van der Waals surface area contributed by atoms with E-state index in [0.717, 1.165) is 19.3 Å². The molecule has 0 bridgehead atoms. The van der Waals surface area contributed by atoms with E-state index in [9.17, 15) is 5.11 Å². The van der Waals surface area contributed by atoms with E-state index in [4.69, 9.17) is 0 Å². The number of aliphatic hydroxyl groups is 1. The molecule has 0 amide bonds. The molecule has 1 nitrogen and oxygen atoms in total. The molecule has 1 N–H and O–H groups in total. The van der Waals surface area contributed by atoms with Crippen LogP contribution in [0, 0.1) is 0 Å². The van der Waals surface area contributed by atoms with Crippen molar-refractivity contribution in [2.75, 3.05) is 0 Å². The number of hydrogen-bond donors (Lipinski definition) is 1. The van der Waals surface area contributed by atoms with Gasteiger partial charge in [0, 0.05) is 0 Å². The summed E-state index contributed by atoms with van der Waals surface area (Å²) in [6, 6.07) is 0. The molecule has 0 rings (SSSR count). The normalized spacial score (nSPS) is 12.6. The zero-order valence-electron chi connectivity index (χ0n) is 11.8. The van der Waals surface area contributed by atoms with Gasteiger partial charge in [-0.05, 0) is 19.3 Å². The first-order valence-corrected chi connectivity index (χ1v) is 7.60. The molecule has 0 aliphatic heterocycles. The molecule has 17 heavy (non-hydrogen) atoms. The SMILES string of the molecule is C=CCCC(O)CCCCCCCCCCC. The van der Waals surface area contributed by atoms with Crippen LogP contribution in [0.2, 0.25) is 0 Å². The highest BCUT2D eigenvalue weighted by molar-refractivity contribution is 4.69. The Kier molecular flexibility index (Phi) is 13.5. The molecule has 0 aromatic rings. The van der Waals surface area contributed by atoms with E-state index in [1.165, 1.54) is 57.8 Å². The molecule has 0 aliphatic carbocycles. The second-order valence-corrected chi connectivity index (χ2v) is 5.14. The first kappa shape index (κ1) is 16.7. The summed E-state index contributed by atoms with van der Waals surface area (Å²) < 4.78 is 0. The molecule has 1 atom stereocenters. The van der Waals surface area contributed by atoms with Crippen LogP contribution in [0.15, 0.2) is 12.7 Å². The third-order valence-corrected chi connectivity index (χ3v) is 3.34. The Balaban J connectivity index is 3.04. The van der Waals surface area contributed by atoms with E-state index in [-0.39, 0.29) is 6.10 Å². The minimum atomic E-state index is -0.0995. The lowest BCUT2D eigenvalue weighted by Crippen LogP contribution is -2.05. The maximum Gasteiger partial charge on any atom is 0.0543 e. The van der Waals surface area contributed by atoms with Crippen LogP contribution in [0.4, 0.5) is 0 Å². The van der Waals surface area contributed by atoms with Gasteiger partial charge in [-0.1, -0.05) is 70.8 Å². The zero-order chi connectivity index (χ0) is 12.8. The van der Waals surface area contributed by atoms with Crippen LogP contribution < -0.4 is 0 Å². The summed E-state index contributed by atoms with van der Waals surface area (Å²) in [5.41, 5.74) is 0. The summed E-state index contributed by atoms with van der Waals surface area (Å²) in [6.45, 7) is 5.93. The zero-order valence-corrected chi connectivity index (χ0v) is 11.8. The molecular formula is C16H32O. The molecule has 1 heteroatoms. The molecule has 0 saturated heterocycles. The highest BCUT2D eigenvalue weighted by Crippen LogP contribution is 2.12. The molecule has 0 aliphatic rings. The predicted octanol–water partition coefficient (Wildman–Crippen LogP) is 5.23. The lowest BCUT2D eigenvalue weighted by atomic mass is 10.0. The number of rotatable bonds is 13. The third kappa shape index (κ3) is 13.6. The van der Waals surface area contributed by atoms with Crippen LogP contribution in [0.3, 0.4) is 0 Å². The fraction of sp³-hybridized carbons (Fsp3) is 0.875. The van der Waals surface area contributed by atoms with Gasteiger partial charge in [0.1, 0.15) is 0 Å². The topological polar surface area (TPSA) is 20.2 Å². The number of allylic oxidation sites excluding steroid dienone is 1. The van der Waals surface area contributed by atoms with E-state index in [1.54, 1.807) is 0 Å². The predicted molar refractivity (Wildman–Crippen MR) is 77.3 cm³/mol. The standard InChI is InChI=1S/C16H32O/c1-3-5-7-8-9-10-11-12-13-15-16(17)14-6-4-2/h4,16-17H,2-3,5-15H2,1H3. The summed E-state index contributed by atoms with van der Waals surface area (Å²) in [7, 11) is 0. The lowest BCUT2D eigenvalue weighted by molar-refractivity contribution is 0.152. The van der Waals surface area contributed by atoms with Crippen molar-refractivity contribution < 1.29 is 5.11 Å². The summed E-state index contributed by atoms with van der Waals surface area (Å²) >= 11 is 0. The van der Waals surface area contributed by atoms with E-state index >= 15 is 0 Å². The minimum Gasteiger partial charge on any atom is -0.393 e. The van der Waals surface area contributed by atoms with E-state index < -0.39 is 0 Å². The van der Waals surface area contributed by atoms with Gasteiger partial charge in [0.25, 0.3) is 0 Å². The van der Waals surface area contributed by atoms with E-state index in [0.29, 0.717) is 0 Å². The third-order valence-electron chi connectivity index (χ3n) is 3.34. The van der Waals surface area contributed by atoms with Gasteiger partial charge in [0.05, 0.1) is 6.10 Å². The second-order valence-electron chi connectivity index (χ2n) is 5.14. The molecule has 0 aromatic heterocycles. The van der Waals surface area contributed by atoms with Gasteiger partial charge in [-0.25, -0.2) is 0 Å². The largest absolute Gasteiger partial charge is 0.393 e. The van der Waals surface area contributed by atoms with Crippen LogP contribution in [-0.4, -0.2) is 11.2 Å². The van der Waals surface area contributed by atoms with Gasteiger partial charge in [-0.2, -0.15) is 0 Å². The molecule has 0 heterocycles. The van der Waals surface area contributed by atoms with Crippen LogP contribution in [-0.2, 0) is 0 Å². The highest BCUT2D eigenvalue weighted by atomic mass is 16.3. The Labute approximate surface area is 108 Å². The quantitative estimate of drug-likeness (QED) is 0.345. The van der Waals surface area contributed by atoms with Crippen LogP contribution in [0.1, 0.15) is 84.0 Å². The molecule has 0 radical (unpaired) electrons. The van der Waals surface area contributed by atoms with Gasteiger partial charge in [-0.3, -0.25) is 0 Å². The van der Waals surface area contributed by atoms with Gasteiger partial charge >= 0.3 is 0 Å². The van der Waals surface area contributed by atoms with E-state index in [2.05, 4.69) is 13.5 Å². The molecule has 0 saturated carbocycles. The Morgan fingerprint density at radius 1 is 0.882 bits per heavy atom. The van der Waals surface area contributed by atoms with Crippen LogP contribution >= 0.6 is 0 Å². The molecule has 0 fully saturated rings. The van der Waals surface area contributed by atoms with Crippen molar-refractivity contribution in [3.63, 3.8) is 0 Å². The first-order chi connectivity index (χ1) is 8.31. The van der Waals surface area contributed by atoms with Crippen molar-refractivity contribution in [1.82, 2.24) is 0 Å². The maximum atomic E-state index is 9.63. The average molecular weight is 240 g/mol. The Hall–Kier alpha value is -0.300. The van der Waals surface area contributed by atoms with Crippen LogP contribution in [0.5, 0.6) is 0 Å². The van der Waals surface area contributed by atoms with Crippen molar-refractivity contribution >= 4 is 0 Å². The molecule has 0 aromatic carbocycles. The van der Waals surface area contributed by atoms with Crippen LogP contribution in [0.25, 0.3) is 0 Å².